The molecular weight excluding hydrogens is 1180 g/mol. The Hall–Kier alpha value is -5.26. The summed E-state index contributed by atoms with van der Waals surface area (Å²) in [5.74, 6) is 26.9. The van der Waals surface area contributed by atoms with Gasteiger partial charge in [-0.25, -0.2) is 36.8 Å². The van der Waals surface area contributed by atoms with Gasteiger partial charge >= 0.3 is 55.8 Å². The molecule has 4 aromatic heterocycles. The van der Waals surface area contributed by atoms with Crippen molar-refractivity contribution in [3.05, 3.63) is 189 Å². The average molecular weight is 1210 g/mol. The van der Waals surface area contributed by atoms with Crippen molar-refractivity contribution in [1.82, 2.24) is 19.9 Å². The SMILES string of the molecule is C(#Cc1cc2c(C#Cc3ccccn3)cc1CCc1cc(C#Cc3ccccn3)c(cc1C#Cc1ccccn1)CC2)c1ccccn1.ClCCl.O=S(=O)([O-])C(F)(F)F.O=S(=O)([O-])C(F)(F)F.[Ag+].[Ag+]. The molecule has 22 heteroatoms. The number of hydrogen-bond acceptors (Lipinski definition) is 10. The Kier molecular flexibility index (Phi) is 24.7. The van der Waals surface area contributed by atoms with Gasteiger partial charge in [-0.2, -0.15) is 26.3 Å². The molecule has 0 amide bonds. The van der Waals surface area contributed by atoms with Gasteiger partial charge in [0, 0.05) is 47.0 Å². The van der Waals surface area contributed by atoms with E-state index in [1.54, 1.807) is 24.8 Å². The van der Waals surface area contributed by atoms with Gasteiger partial charge in [0.05, 0.1) is 5.34 Å². The topological polar surface area (TPSA) is 166 Å². The minimum atomic E-state index is -6.09. The summed E-state index contributed by atoms with van der Waals surface area (Å²) in [4.78, 5) is 17.7. The van der Waals surface area contributed by atoms with Crippen LogP contribution in [0.4, 0.5) is 26.3 Å². The van der Waals surface area contributed by atoms with Gasteiger partial charge in [0.25, 0.3) is 0 Å². The van der Waals surface area contributed by atoms with E-state index in [1.165, 1.54) is 0 Å². The van der Waals surface area contributed by atoms with Crippen LogP contribution in [0.2, 0.25) is 0 Å². The molecular formula is C47H30Ag2Cl2F6N4O6S2. The number of halogens is 8. The summed E-state index contributed by atoms with van der Waals surface area (Å²) >= 11 is 9.53. The van der Waals surface area contributed by atoms with Crippen LogP contribution in [0.5, 0.6) is 0 Å². The zero-order valence-corrected chi connectivity index (χ0v) is 40.9. The van der Waals surface area contributed by atoms with Crippen molar-refractivity contribution in [2.75, 3.05) is 5.34 Å². The molecule has 0 aliphatic heterocycles. The molecule has 4 aliphatic rings. The van der Waals surface area contributed by atoms with E-state index in [9.17, 15) is 26.3 Å². The molecule has 10 rings (SSSR count). The first-order valence-electron chi connectivity index (χ1n) is 18.9. The maximum atomic E-state index is 10.7. The number of aryl methyl sites for hydroxylation is 4. The normalized spacial score (nSPS) is 11.3. The molecule has 10 nitrogen and oxygen atoms in total. The first kappa shape index (κ1) is 59.9. The fraction of sp³-hybridized carbons (Fsp3) is 0.149. The van der Waals surface area contributed by atoms with Gasteiger partial charge < -0.3 is 9.11 Å². The monoisotopic (exact) mass is 1210 g/mol. The summed E-state index contributed by atoms with van der Waals surface area (Å²) in [6.45, 7) is 0. The van der Waals surface area contributed by atoms with Gasteiger partial charge in [0.15, 0.2) is 20.2 Å². The fourth-order valence-electron chi connectivity index (χ4n) is 5.48. The maximum absolute atomic E-state index is 10.7. The van der Waals surface area contributed by atoms with Crippen LogP contribution in [-0.2, 0) is 90.7 Å². The van der Waals surface area contributed by atoms with Crippen molar-refractivity contribution in [2.24, 2.45) is 0 Å². The number of benzene rings is 2. The number of pyridine rings is 4. The molecule has 6 aromatic rings. The Balaban J connectivity index is 0.000000661. The summed E-state index contributed by atoms with van der Waals surface area (Å²) < 4.78 is 118. The second-order valence-corrected chi connectivity index (χ2v) is 16.6. The van der Waals surface area contributed by atoms with Crippen LogP contribution in [-0.4, -0.2) is 62.2 Å². The van der Waals surface area contributed by atoms with E-state index in [-0.39, 0.29) is 50.1 Å². The molecule has 0 spiro atoms. The van der Waals surface area contributed by atoms with Crippen molar-refractivity contribution in [2.45, 2.75) is 36.7 Å². The molecule has 0 N–H and O–H groups in total. The molecule has 0 saturated heterocycles. The van der Waals surface area contributed by atoms with Crippen LogP contribution >= 0.6 is 23.2 Å². The summed E-state index contributed by atoms with van der Waals surface area (Å²) in [6, 6.07) is 32.0. The molecule has 0 fully saturated rings. The third-order valence-electron chi connectivity index (χ3n) is 8.51. The third-order valence-corrected chi connectivity index (χ3v) is 9.65. The van der Waals surface area contributed by atoms with Gasteiger partial charge in [-0.3, -0.25) is 0 Å². The van der Waals surface area contributed by atoms with E-state index in [1.807, 2.05) is 72.8 Å². The van der Waals surface area contributed by atoms with Crippen LogP contribution in [0.1, 0.15) is 67.3 Å². The summed E-state index contributed by atoms with van der Waals surface area (Å²) in [5, 5.41) is 0.194. The number of aromatic nitrogens is 4. The Morgan fingerprint density at radius 1 is 0.435 bits per heavy atom. The van der Waals surface area contributed by atoms with Crippen molar-refractivity contribution < 1.29 is 97.0 Å². The number of hydrogen-bond donors (Lipinski definition) is 0. The summed E-state index contributed by atoms with van der Waals surface area (Å²) in [5.41, 5.74) is 0.136. The van der Waals surface area contributed by atoms with E-state index in [0.29, 0.717) is 0 Å². The third kappa shape index (κ3) is 20.3. The maximum Gasteiger partial charge on any atom is 1.00 e. The Bertz CT molecular complexity index is 2750. The van der Waals surface area contributed by atoms with E-state index in [2.05, 4.69) is 91.6 Å². The minimum Gasteiger partial charge on any atom is -0.741 e. The zero-order chi connectivity index (χ0) is 49.1. The van der Waals surface area contributed by atoms with Crippen LogP contribution in [0.15, 0.2) is 122 Å². The predicted octanol–water partition coefficient (Wildman–Crippen LogP) is 8.27. The van der Waals surface area contributed by atoms with E-state index < -0.39 is 31.3 Å². The van der Waals surface area contributed by atoms with Gasteiger partial charge in [0.1, 0.15) is 22.8 Å². The Morgan fingerprint density at radius 3 is 0.768 bits per heavy atom. The first-order chi connectivity index (χ1) is 31.7. The van der Waals surface area contributed by atoms with Crippen molar-refractivity contribution >= 4 is 43.4 Å². The van der Waals surface area contributed by atoms with Gasteiger partial charge in [0.2, 0.25) is 0 Å². The molecule has 2 aromatic carbocycles. The fourth-order valence-corrected chi connectivity index (χ4v) is 5.48. The summed E-state index contributed by atoms with van der Waals surface area (Å²) in [7, 11) is -12.2. The molecule has 0 saturated carbocycles. The van der Waals surface area contributed by atoms with E-state index >= 15 is 0 Å². The zero-order valence-electron chi connectivity index (χ0n) is 34.8. The van der Waals surface area contributed by atoms with Gasteiger partial charge in [-0.05, 0) is 144 Å². The average Bonchev–Trinajstić information content (AvgIpc) is 3.28. The standard InChI is InChI=1S/C44H28N4.CH2Cl2.2CHF3O3S.2Ag/c1-5-25-45-41(9-1)21-17-37-29-34-15-16-36-32-39(19-23-43-11-3-7-27-47-43)35(31-40(36)20-24-44-12-4-8-28-48-44)14-13-33(37)30-38(34)18-22-42-10-2-6-26-46-42;2-1-3;2*2-1(3,4)8(5,6)7;;/h1-12,25-32H,13-16H2;1H2;2*(H,5,6,7);;/q;;;;2*+1/p-2. The molecule has 0 unspecified atom stereocenters. The van der Waals surface area contributed by atoms with Gasteiger partial charge in [-0.1, -0.05) is 47.9 Å². The second-order valence-electron chi connectivity index (χ2n) is 13.1. The molecule has 4 aliphatic carbocycles. The van der Waals surface area contributed by atoms with Gasteiger partial charge in [-0.15, -0.1) is 23.2 Å². The molecule has 0 atom stereocenters. The predicted molar refractivity (Wildman–Crippen MR) is 237 cm³/mol. The molecule has 69 heavy (non-hydrogen) atoms. The van der Waals surface area contributed by atoms with Crippen molar-refractivity contribution in [3.63, 3.8) is 0 Å². The Labute approximate surface area is 435 Å². The van der Waals surface area contributed by atoms with E-state index in [0.717, 1.165) is 93.0 Å². The Morgan fingerprint density at radius 2 is 0.623 bits per heavy atom. The van der Waals surface area contributed by atoms with Crippen LogP contribution in [0.25, 0.3) is 0 Å². The van der Waals surface area contributed by atoms with E-state index in [4.69, 9.17) is 49.1 Å². The van der Waals surface area contributed by atoms with Crippen LogP contribution < -0.4 is 0 Å². The summed E-state index contributed by atoms with van der Waals surface area (Å²) in [6.07, 6.45) is 10.1. The largest absolute Gasteiger partial charge is 1.00 e. The second kappa shape index (κ2) is 28.4. The molecule has 4 heterocycles. The van der Waals surface area contributed by atoms with Crippen LogP contribution in [0.3, 0.4) is 0 Å². The number of alkyl halides is 8. The molecule has 4 bridgehead atoms. The van der Waals surface area contributed by atoms with Crippen molar-refractivity contribution in [3.8, 4) is 47.4 Å². The number of rotatable bonds is 0. The molecule has 0 radical (unpaired) electrons. The van der Waals surface area contributed by atoms with Crippen molar-refractivity contribution in [1.29, 1.82) is 0 Å². The number of nitrogens with zero attached hydrogens (tertiary/aromatic N) is 4. The smallest absolute Gasteiger partial charge is 0.741 e. The quantitative estimate of drug-likeness (QED) is 0.0361. The van der Waals surface area contributed by atoms with Crippen LogP contribution in [0, 0.1) is 47.4 Å². The first-order valence-corrected chi connectivity index (χ1v) is 22.8. The minimum absolute atomic E-state index is 0. The molecule has 364 valence electrons.